The molecule has 1 aromatic carbocycles. The van der Waals surface area contributed by atoms with E-state index in [0.717, 1.165) is 36.7 Å². The van der Waals surface area contributed by atoms with E-state index in [0.29, 0.717) is 6.61 Å². The number of pyridine rings is 1. The highest BCUT2D eigenvalue weighted by Crippen LogP contribution is 2.15. The summed E-state index contributed by atoms with van der Waals surface area (Å²) >= 11 is 0. The molecule has 124 valence electrons. The highest BCUT2D eigenvalue weighted by molar-refractivity contribution is 5.40. The quantitative estimate of drug-likeness (QED) is 0.664. The summed E-state index contributed by atoms with van der Waals surface area (Å²) in [5.74, 6) is 2.57. The predicted octanol–water partition coefficient (Wildman–Crippen LogP) is 4.31. The van der Waals surface area contributed by atoms with Crippen LogP contribution < -0.4 is 14.8 Å². The average molecular weight is 314 g/mol. The molecule has 0 saturated carbocycles. The van der Waals surface area contributed by atoms with E-state index in [9.17, 15) is 0 Å². The number of nitrogens with zero attached hydrogens (tertiary/aromatic N) is 1. The third kappa shape index (κ3) is 6.19. The molecule has 1 heterocycles. The van der Waals surface area contributed by atoms with Crippen molar-refractivity contribution in [3.63, 3.8) is 0 Å². The van der Waals surface area contributed by atoms with E-state index in [2.05, 4.69) is 41.5 Å². The third-order valence-electron chi connectivity index (χ3n) is 3.61. The average Bonchev–Trinajstić information content (AvgIpc) is 2.61. The zero-order valence-electron chi connectivity index (χ0n) is 14.0. The van der Waals surface area contributed by atoms with Crippen LogP contribution in [-0.4, -0.2) is 25.2 Å². The van der Waals surface area contributed by atoms with Gasteiger partial charge < -0.3 is 14.8 Å². The molecule has 4 heteroatoms. The van der Waals surface area contributed by atoms with Crippen molar-refractivity contribution in [3.05, 3.63) is 48.2 Å². The van der Waals surface area contributed by atoms with Crippen LogP contribution >= 0.6 is 0 Å². The predicted molar refractivity (Wildman–Crippen MR) is 94.4 cm³/mol. The summed E-state index contributed by atoms with van der Waals surface area (Å²) in [4.78, 5) is 4.25. The Morgan fingerprint density at radius 3 is 2.61 bits per heavy atom. The number of methoxy groups -OCH3 is 1. The largest absolute Gasteiger partial charge is 0.497 e. The van der Waals surface area contributed by atoms with Crippen LogP contribution in [0.2, 0.25) is 0 Å². The van der Waals surface area contributed by atoms with Crippen molar-refractivity contribution in [2.45, 2.75) is 32.6 Å². The van der Waals surface area contributed by atoms with Crippen molar-refractivity contribution in [1.82, 2.24) is 4.98 Å². The van der Waals surface area contributed by atoms with E-state index >= 15 is 0 Å². The number of ether oxygens (including phenoxy) is 2. The van der Waals surface area contributed by atoms with Gasteiger partial charge >= 0.3 is 0 Å². The maximum Gasteiger partial charge on any atom is 0.129 e. The first-order valence-electron chi connectivity index (χ1n) is 8.27. The normalized spacial score (nSPS) is 10.3. The van der Waals surface area contributed by atoms with Gasteiger partial charge in [-0.15, -0.1) is 0 Å². The lowest BCUT2D eigenvalue weighted by atomic mass is 10.1. The molecule has 0 aliphatic heterocycles. The molecular weight excluding hydrogens is 288 g/mol. The summed E-state index contributed by atoms with van der Waals surface area (Å²) in [5.41, 5.74) is 1.38. The SMILES string of the molecule is CCCCc1ccc(OCCCNc2cc(OC)ccn2)cc1. The second-order valence-electron chi connectivity index (χ2n) is 5.46. The van der Waals surface area contributed by atoms with Gasteiger partial charge in [0.05, 0.1) is 13.7 Å². The van der Waals surface area contributed by atoms with Gasteiger partial charge in [-0.05, 0) is 43.0 Å². The lowest BCUT2D eigenvalue weighted by Gasteiger charge is -2.09. The molecule has 0 radical (unpaired) electrons. The monoisotopic (exact) mass is 314 g/mol. The summed E-state index contributed by atoms with van der Waals surface area (Å²) in [6.45, 7) is 3.71. The number of unbranched alkanes of at least 4 members (excludes halogenated alkanes) is 1. The second-order valence-corrected chi connectivity index (χ2v) is 5.46. The molecule has 0 bridgehead atoms. The fraction of sp³-hybridized carbons (Fsp3) is 0.421. The smallest absolute Gasteiger partial charge is 0.129 e. The lowest BCUT2D eigenvalue weighted by molar-refractivity contribution is 0.315. The fourth-order valence-corrected chi connectivity index (χ4v) is 2.25. The zero-order chi connectivity index (χ0) is 16.3. The standard InChI is InChI=1S/C19H26N2O2/c1-3-4-6-16-7-9-17(10-8-16)23-14-5-12-20-19-15-18(22-2)11-13-21-19/h7-11,13,15H,3-6,12,14H2,1-2H3,(H,20,21). The minimum atomic E-state index is 0.686. The molecule has 0 aliphatic rings. The summed E-state index contributed by atoms with van der Waals surface area (Å²) in [5, 5.41) is 3.27. The lowest BCUT2D eigenvalue weighted by Crippen LogP contribution is -2.08. The molecule has 4 nitrogen and oxygen atoms in total. The van der Waals surface area contributed by atoms with E-state index in [1.54, 1.807) is 13.3 Å². The molecule has 23 heavy (non-hydrogen) atoms. The van der Waals surface area contributed by atoms with Gasteiger partial charge in [-0.1, -0.05) is 25.5 Å². The molecule has 0 spiro atoms. The van der Waals surface area contributed by atoms with Crippen molar-refractivity contribution >= 4 is 5.82 Å². The number of benzene rings is 1. The Balaban J connectivity index is 1.65. The molecule has 0 unspecified atom stereocenters. The number of aryl methyl sites for hydroxylation is 1. The number of hydrogen-bond acceptors (Lipinski definition) is 4. The van der Waals surface area contributed by atoms with Crippen LogP contribution in [0.4, 0.5) is 5.82 Å². The van der Waals surface area contributed by atoms with Gasteiger partial charge in [-0.25, -0.2) is 4.98 Å². The zero-order valence-corrected chi connectivity index (χ0v) is 14.0. The van der Waals surface area contributed by atoms with Crippen molar-refractivity contribution < 1.29 is 9.47 Å². The number of anilines is 1. The number of hydrogen-bond donors (Lipinski definition) is 1. The molecule has 2 aromatic rings. The van der Waals surface area contributed by atoms with Crippen molar-refractivity contribution in [1.29, 1.82) is 0 Å². The van der Waals surface area contributed by atoms with Crippen LogP contribution in [0.15, 0.2) is 42.6 Å². The molecular formula is C19H26N2O2. The Morgan fingerprint density at radius 1 is 1.04 bits per heavy atom. The van der Waals surface area contributed by atoms with Crippen LogP contribution in [-0.2, 0) is 6.42 Å². The minimum absolute atomic E-state index is 0.686. The minimum Gasteiger partial charge on any atom is -0.497 e. The van der Waals surface area contributed by atoms with Crippen molar-refractivity contribution in [3.8, 4) is 11.5 Å². The topological polar surface area (TPSA) is 43.4 Å². The molecule has 0 amide bonds. The van der Waals surface area contributed by atoms with E-state index in [1.165, 1.54) is 18.4 Å². The number of nitrogens with one attached hydrogen (secondary N) is 1. The molecule has 1 N–H and O–H groups in total. The fourth-order valence-electron chi connectivity index (χ4n) is 2.25. The number of aromatic nitrogens is 1. The highest BCUT2D eigenvalue weighted by Gasteiger charge is 1.98. The van der Waals surface area contributed by atoms with Gasteiger partial charge in [0, 0.05) is 18.8 Å². The maximum absolute atomic E-state index is 5.76. The van der Waals surface area contributed by atoms with Gasteiger partial charge in [-0.3, -0.25) is 0 Å². The first-order valence-corrected chi connectivity index (χ1v) is 8.27. The Hall–Kier alpha value is -2.23. The van der Waals surface area contributed by atoms with E-state index in [-0.39, 0.29) is 0 Å². The molecule has 1 aromatic heterocycles. The van der Waals surface area contributed by atoms with Crippen molar-refractivity contribution in [2.24, 2.45) is 0 Å². The van der Waals surface area contributed by atoms with Crippen LogP contribution in [0, 0.1) is 0 Å². The Kier molecular flexibility index (Phi) is 7.24. The van der Waals surface area contributed by atoms with Crippen LogP contribution in [0.25, 0.3) is 0 Å². The van der Waals surface area contributed by atoms with Gasteiger partial charge in [0.2, 0.25) is 0 Å². The molecule has 0 atom stereocenters. The number of rotatable bonds is 10. The second kappa shape index (κ2) is 9.72. The van der Waals surface area contributed by atoms with Crippen molar-refractivity contribution in [2.75, 3.05) is 25.6 Å². The summed E-state index contributed by atoms with van der Waals surface area (Å²) < 4.78 is 10.9. The summed E-state index contributed by atoms with van der Waals surface area (Å²) in [6, 6.07) is 12.1. The van der Waals surface area contributed by atoms with E-state index in [1.807, 2.05) is 12.1 Å². The van der Waals surface area contributed by atoms with Gasteiger partial charge in [0.1, 0.15) is 17.3 Å². The summed E-state index contributed by atoms with van der Waals surface area (Å²) in [7, 11) is 1.65. The van der Waals surface area contributed by atoms with Crippen LogP contribution in [0.5, 0.6) is 11.5 Å². The highest BCUT2D eigenvalue weighted by atomic mass is 16.5. The Morgan fingerprint density at radius 2 is 1.87 bits per heavy atom. The molecule has 0 saturated heterocycles. The Bertz CT molecular complexity index is 570. The van der Waals surface area contributed by atoms with E-state index in [4.69, 9.17) is 9.47 Å². The first kappa shape index (κ1) is 17.1. The van der Waals surface area contributed by atoms with Gasteiger partial charge in [-0.2, -0.15) is 0 Å². The van der Waals surface area contributed by atoms with Gasteiger partial charge in [0.25, 0.3) is 0 Å². The van der Waals surface area contributed by atoms with Crippen LogP contribution in [0.3, 0.4) is 0 Å². The summed E-state index contributed by atoms with van der Waals surface area (Å²) in [6.07, 6.45) is 6.26. The maximum atomic E-state index is 5.76. The van der Waals surface area contributed by atoms with Gasteiger partial charge in [0.15, 0.2) is 0 Å². The third-order valence-corrected chi connectivity index (χ3v) is 3.61. The molecule has 0 fully saturated rings. The van der Waals surface area contributed by atoms with Crippen LogP contribution in [0.1, 0.15) is 31.7 Å². The van der Waals surface area contributed by atoms with E-state index < -0.39 is 0 Å². The molecule has 0 aliphatic carbocycles. The Labute approximate surface area is 138 Å². The first-order chi connectivity index (χ1) is 11.3. The molecule has 2 rings (SSSR count).